The van der Waals surface area contributed by atoms with Crippen LogP contribution < -0.4 is 10.2 Å². The van der Waals surface area contributed by atoms with E-state index in [0.717, 1.165) is 45.5 Å². The van der Waals surface area contributed by atoms with Gasteiger partial charge in [-0.1, -0.05) is 64.0 Å². The molecule has 0 saturated heterocycles. The Morgan fingerprint density at radius 3 is 2.43 bits per heavy atom. The van der Waals surface area contributed by atoms with Crippen LogP contribution in [0.5, 0.6) is 0 Å². The minimum atomic E-state index is -0.299. The number of para-hydroxylation sites is 2. The number of nitrogens with zero attached hydrogens (tertiary/aromatic N) is 3. The first-order valence-corrected chi connectivity index (χ1v) is 13.3. The Labute approximate surface area is 224 Å². The highest BCUT2D eigenvalue weighted by molar-refractivity contribution is 9.10. The number of hydrogen-bond donors (Lipinski definition) is 1. The van der Waals surface area contributed by atoms with E-state index in [4.69, 9.17) is 0 Å². The van der Waals surface area contributed by atoms with Crippen LogP contribution >= 0.6 is 15.9 Å². The third kappa shape index (κ3) is 4.55. The summed E-state index contributed by atoms with van der Waals surface area (Å²) < 4.78 is 3.04. The minimum absolute atomic E-state index is 0.00189. The van der Waals surface area contributed by atoms with E-state index in [0.29, 0.717) is 5.69 Å². The highest BCUT2D eigenvalue weighted by Crippen LogP contribution is 2.42. The van der Waals surface area contributed by atoms with Gasteiger partial charge in [0.15, 0.2) is 0 Å². The third-order valence-corrected chi connectivity index (χ3v) is 7.50. The van der Waals surface area contributed by atoms with Crippen LogP contribution in [0.3, 0.4) is 0 Å². The number of carbonyl (C=O) groups excluding carboxylic acids is 2. The Kier molecular flexibility index (Phi) is 6.08. The van der Waals surface area contributed by atoms with Crippen LogP contribution in [0.1, 0.15) is 35.7 Å². The molecule has 3 amide bonds. The number of anilines is 2. The van der Waals surface area contributed by atoms with Gasteiger partial charge in [-0.3, -0.25) is 9.69 Å². The lowest BCUT2D eigenvalue weighted by Crippen LogP contribution is -2.48. The fourth-order valence-electron chi connectivity index (χ4n) is 5.06. The molecule has 6 nitrogen and oxygen atoms in total. The maximum atomic E-state index is 14.2. The average Bonchev–Trinajstić information content (AvgIpc) is 3.62. The molecule has 37 heavy (non-hydrogen) atoms. The number of nitrogens with one attached hydrogen (secondary N) is 1. The molecule has 6 rings (SSSR count). The van der Waals surface area contributed by atoms with Gasteiger partial charge in [0.2, 0.25) is 5.91 Å². The summed E-state index contributed by atoms with van der Waals surface area (Å²) in [6.07, 6.45) is 3.85. The highest BCUT2D eigenvalue weighted by atomic mass is 79.9. The van der Waals surface area contributed by atoms with Crippen molar-refractivity contribution in [1.82, 2.24) is 9.47 Å². The summed E-state index contributed by atoms with van der Waals surface area (Å²) in [6, 6.07) is 27.4. The lowest BCUT2D eigenvalue weighted by molar-refractivity contribution is -0.119. The van der Waals surface area contributed by atoms with Crippen LogP contribution in [0.4, 0.5) is 16.2 Å². The quantitative estimate of drug-likeness (QED) is 0.299. The van der Waals surface area contributed by atoms with Crippen molar-refractivity contribution >= 4 is 39.2 Å². The molecule has 1 aliphatic carbocycles. The number of urea groups is 1. The molecule has 2 aliphatic rings. The van der Waals surface area contributed by atoms with Crippen LogP contribution in [0.25, 0.3) is 5.69 Å². The van der Waals surface area contributed by atoms with Crippen molar-refractivity contribution in [2.24, 2.45) is 0 Å². The Morgan fingerprint density at radius 2 is 1.70 bits per heavy atom. The summed E-state index contributed by atoms with van der Waals surface area (Å²) in [6.45, 7) is 2.06. The molecule has 1 aliphatic heterocycles. The maximum Gasteiger partial charge on any atom is 0.322 e. The third-order valence-electron chi connectivity index (χ3n) is 7.01. The van der Waals surface area contributed by atoms with Gasteiger partial charge in [-0.15, -0.1) is 0 Å². The summed E-state index contributed by atoms with van der Waals surface area (Å²) in [5, 5.41) is 2.97. The molecule has 1 fully saturated rings. The van der Waals surface area contributed by atoms with Gasteiger partial charge in [0.05, 0.1) is 17.1 Å². The number of hydrogen-bond acceptors (Lipinski definition) is 2. The van der Waals surface area contributed by atoms with E-state index < -0.39 is 0 Å². The highest BCUT2D eigenvalue weighted by Gasteiger charge is 2.40. The Hall–Kier alpha value is -3.84. The van der Waals surface area contributed by atoms with Crippen molar-refractivity contribution in [3.63, 3.8) is 0 Å². The van der Waals surface area contributed by atoms with Gasteiger partial charge >= 0.3 is 6.03 Å². The number of fused-ring (bicyclic) bond motifs is 3. The molecule has 0 bridgehead atoms. The smallest absolute Gasteiger partial charge is 0.316 e. The van der Waals surface area contributed by atoms with Crippen molar-refractivity contribution in [2.45, 2.75) is 31.8 Å². The Bertz CT molecular complexity index is 1470. The van der Waals surface area contributed by atoms with Crippen molar-refractivity contribution in [2.75, 3.05) is 16.8 Å². The molecule has 3 aromatic carbocycles. The molecule has 1 N–H and O–H groups in total. The number of halogens is 1. The van der Waals surface area contributed by atoms with Gasteiger partial charge in [-0.2, -0.15) is 0 Å². The number of aromatic nitrogens is 1. The summed E-state index contributed by atoms with van der Waals surface area (Å²) in [5.74, 6) is -0.109. The number of rotatable bonds is 5. The number of aryl methyl sites for hydroxylation is 1. The number of benzene rings is 3. The van der Waals surface area contributed by atoms with Gasteiger partial charge < -0.3 is 14.8 Å². The van der Waals surface area contributed by atoms with Gasteiger partial charge in [0.25, 0.3) is 0 Å². The SMILES string of the molecule is Cc1ccc([C@H]2c3cccn3-c3ccccc3N2C(=O)CN(C(=O)Nc2cccc(Br)c2)C2CC2)cc1. The number of carbonyl (C=O) groups is 2. The van der Waals surface area contributed by atoms with Crippen molar-refractivity contribution in [1.29, 1.82) is 0 Å². The average molecular weight is 555 g/mol. The van der Waals surface area contributed by atoms with Crippen molar-refractivity contribution < 1.29 is 9.59 Å². The molecule has 1 saturated carbocycles. The van der Waals surface area contributed by atoms with E-state index in [9.17, 15) is 9.59 Å². The summed E-state index contributed by atoms with van der Waals surface area (Å²) in [4.78, 5) is 31.1. The van der Waals surface area contributed by atoms with Gasteiger partial charge in [-0.25, -0.2) is 4.79 Å². The molecule has 1 aromatic heterocycles. The molecule has 4 aromatic rings. The monoisotopic (exact) mass is 554 g/mol. The first kappa shape index (κ1) is 23.6. The fourth-order valence-corrected chi connectivity index (χ4v) is 5.46. The van der Waals surface area contributed by atoms with Gasteiger partial charge in [0.1, 0.15) is 12.6 Å². The van der Waals surface area contributed by atoms with E-state index >= 15 is 0 Å². The molecule has 2 heterocycles. The Morgan fingerprint density at radius 1 is 0.946 bits per heavy atom. The second kappa shape index (κ2) is 9.56. The van der Waals surface area contributed by atoms with Crippen LogP contribution in [0.15, 0.2) is 95.6 Å². The second-order valence-corrected chi connectivity index (χ2v) is 10.6. The minimum Gasteiger partial charge on any atom is -0.316 e. The molecule has 0 radical (unpaired) electrons. The predicted molar refractivity (Wildman–Crippen MR) is 149 cm³/mol. The first-order valence-electron chi connectivity index (χ1n) is 12.5. The summed E-state index contributed by atoms with van der Waals surface area (Å²) in [5.41, 5.74) is 5.70. The first-order chi connectivity index (χ1) is 18.0. The summed E-state index contributed by atoms with van der Waals surface area (Å²) >= 11 is 3.45. The summed E-state index contributed by atoms with van der Waals surface area (Å²) in [7, 11) is 0. The normalized spacial score (nSPS) is 16.1. The predicted octanol–water partition coefficient (Wildman–Crippen LogP) is 6.68. The fraction of sp³-hybridized carbons (Fsp3) is 0.200. The van der Waals surface area contributed by atoms with E-state index in [2.05, 4.69) is 63.1 Å². The molecule has 186 valence electrons. The molecule has 0 spiro atoms. The van der Waals surface area contributed by atoms with E-state index in [1.807, 2.05) is 65.7 Å². The van der Waals surface area contributed by atoms with E-state index in [1.54, 1.807) is 4.90 Å². The zero-order chi connectivity index (χ0) is 25.5. The zero-order valence-corrected chi connectivity index (χ0v) is 22.1. The van der Waals surface area contributed by atoms with Crippen LogP contribution in [-0.4, -0.2) is 34.0 Å². The van der Waals surface area contributed by atoms with Crippen LogP contribution in [0.2, 0.25) is 0 Å². The lowest BCUT2D eigenvalue weighted by Gasteiger charge is -2.39. The number of amides is 3. The van der Waals surface area contributed by atoms with Gasteiger partial charge in [-0.05, 0) is 67.8 Å². The standard InChI is InChI=1S/C30H27BrN4O2/c1-20-11-13-21(14-12-20)29-27-10-5-17-33(27)25-8-2-3-9-26(25)35(29)28(36)19-34(24-15-16-24)30(37)32-23-7-4-6-22(31)18-23/h2-14,17-18,24,29H,15-16,19H2,1H3,(H,32,37)/t29-/m0/s1. The second-order valence-electron chi connectivity index (χ2n) is 9.67. The largest absolute Gasteiger partial charge is 0.322 e. The van der Waals surface area contributed by atoms with Crippen molar-refractivity contribution in [3.05, 3.63) is 112 Å². The maximum absolute atomic E-state index is 14.2. The molecule has 7 heteroatoms. The van der Waals surface area contributed by atoms with E-state index in [-0.39, 0.29) is 30.6 Å². The van der Waals surface area contributed by atoms with Crippen molar-refractivity contribution in [3.8, 4) is 5.69 Å². The topological polar surface area (TPSA) is 57.6 Å². The molecular weight excluding hydrogens is 528 g/mol. The molecule has 0 unspecified atom stereocenters. The van der Waals surface area contributed by atoms with Gasteiger partial charge in [0, 0.05) is 22.4 Å². The zero-order valence-electron chi connectivity index (χ0n) is 20.5. The Balaban J connectivity index is 1.36. The molecular formula is C30H27BrN4O2. The van der Waals surface area contributed by atoms with E-state index in [1.165, 1.54) is 0 Å². The molecule has 1 atom stereocenters. The van der Waals surface area contributed by atoms with Crippen LogP contribution in [-0.2, 0) is 4.79 Å². The van der Waals surface area contributed by atoms with Crippen LogP contribution in [0, 0.1) is 6.92 Å². The lowest BCUT2D eigenvalue weighted by atomic mass is 9.97.